The Labute approximate surface area is 127 Å². The van der Waals surface area contributed by atoms with Crippen molar-refractivity contribution in [3.05, 3.63) is 19.1 Å². The Morgan fingerprint density at radius 1 is 1.13 bits per heavy atom. The topological polar surface area (TPSA) is 18.5 Å². The monoisotopic (exact) mass is 336 g/mol. The fourth-order valence-corrected chi connectivity index (χ4v) is 0.810. The zero-order valence-electron chi connectivity index (χ0n) is 9.71. The predicted molar refractivity (Wildman–Crippen MR) is 61.2 cm³/mol. The molecular formula is C11H21IMgO2. The van der Waals surface area contributed by atoms with Crippen LogP contribution in [-0.4, -0.2) is 43.1 Å². The zero-order chi connectivity index (χ0) is 9.78. The van der Waals surface area contributed by atoms with E-state index >= 15 is 0 Å². The van der Waals surface area contributed by atoms with Gasteiger partial charge in [-0.25, -0.2) is 0 Å². The molecule has 0 heterocycles. The van der Waals surface area contributed by atoms with E-state index in [0.29, 0.717) is 6.79 Å². The van der Waals surface area contributed by atoms with E-state index in [4.69, 9.17) is 9.47 Å². The predicted octanol–water partition coefficient (Wildman–Crippen LogP) is -0.429. The van der Waals surface area contributed by atoms with Gasteiger partial charge in [-0.1, -0.05) is 19.4 Å². The van der Waals surface area contributed by atoms with Crippen LogP contribution in [0.25, 0.3) is 0 Å². The van der Waals surface area contributed by atoms with Gasteiger partial charge in [-0.15, -0.1) is 6.08 Å². The van der Waals surface area contributed by atoms with Gasteiger partial charge in [-0.2, -0.15) is 6.42 Å². The number of unbranched alkanes of at least 4 members (excludes halogenated alkanes) is 1. The van der Waals surface area contributed by atoms with E-state index < -0.39 is 0 Å². The van der Waals surface area contributed by atoms with Crippen molar-refractivity contribution in [3.8, 4) is 0 Å². The van der Waals surface area contributed by atoms with Gasteiger partial charge in [0.25, 0.3) is 0 Å². The van der Waals surface area contributed by atoms with Crippen molar-refractivity contribution in [2.24, 2.45) is 0 Å². The summed E-state index contributed by atoms with van der Waals surface area (Å²) in [7, 11) is 0. The van der Waals surface area contributed by atoms with Gasteiger partial charge in [0, 0.05) is 6.61 Å². The number of rotatable bonds is 9. The molecule has 0 bridgehead atoms. The molecule has 0 unspecified atom stereocenters. The first kappa shape index (κ1) is 21.4. The molecule has 0 rings (SSSR count). The normalized spacial score (nSPS) is 9.73. The molecule has 2 nitrogen and oxygen atoms in total. The van der Waals surface area contributed by atoms with Crippen LogP contribution in [0.2, 0.25) is 0 Å². The van der Waals surface area contributed by atoms with E-state index in [9.17, 15) is 0 Å². The van der Waals surface area contributed by atoms with Crippen LogP contribution in [0.5, 0.6) is 0 Å². The minimum Gasteiger partial charge on any atom is -1.00 e. The molecule has 0 aromatic heterocycles. The summed E-state index contributed by atoms with van der Waals surface area (Å²) in [5, 5.41) is 0. The molecule has 4 heteroatoms. The van der Waals surface area contributed by atoms with E-state index in [1.807, 2.05) is 6.08 Å². The first-order valence-corrected chi connectivity index (χ1v) is 5.01. The maximum atomic E-state index is 5.23. The Balaban J connectivity index is -0.000000720. The Hall–Kier alpha value is 1.16. The number of allylic oxidation sites excluding steroid dienone is 1. The molecule has 86 valence electrons. The Kier molecular flexibility index (Phi) is 29.4. The fourth-order valence-electron chi connectivity index (χ4n) is 0.810. The third kappa shape index (κ3) is 21.1. The smallest absolute Gasteiger partial charge is 1.00 e. The average Bonchev–Trinajstić information content (AvgIpc) is 2.16. The van der Waals surface area contributed by atoms with E-state index in [1.54, 1.807) is 0 Å². The fraction of sp³-hybridized carbons (Fsp3) is 0.727. The molecule has 0 aliphatic heterocycles. The third-order valence-corrected chi connectivity index (χ3v) is 1.57. The van der Waals surface area contributed by atoms with Crippen molar-refractivity contribution in [1.82, 2.24) is 0 Å². The van der Waals surface area contributed by atoms with Crippen molar-refractivity contribution in [2.75, 3.05) is 20.0 Å². The second-order valence-electron chi connectivity index (χ2n) is 2.84. The first-order chi connectivity index (χ1) is 6.41. The van der Waals surface area contributed by atoms with E-state index in [-0.39, 0.29) is 47.0 Å². The molecule has 0 aliphatic carbocycles. The van der Waals surface area contributed by atoms with Crippen LogP contribution in [0, 0.1) is 6.92 Å². The summed E-state index contributed by atoms with van der Waals surface area (Å²) < 4.78 is 10.5. The molecule has 0 N–H and O–H groups in total. The van der Waals surface area contributed by atoms with Gasteiger partial charge in [0.2, 0.25) is 0 Å². The minimum absolute atomic E-state index is 0. The van der Waals surface area contributed by atoms with Crippen LogP contribution in [0.3, 0.4) is 0 Å². The van der Waals surface area contributed by atoms with Crippen LogP contribution in [0.1, 0.15) is 32.6 Å². The quantitative estimate of drug-likeness (QED) is 0.142. The van der Waals surface area contributed by atoms with Crippen molar-refractivity contribution in [2.45, 2.75) is 32.6 Å². The molecule has 0 spiro atoms. The van der Waals surface area contributed by atoms with Gasteiger partial charge < -0.3 is 40.4 Å². The van der Waals surface area contributed by atoms with Gasteiger partial charge in [-0.3, -0.25) is 0 Å². The van der Waals surface area contributed by atoms with Crippen molar-refractivity contribution in [3.63, 3.8) is 0 Å². The standard InChI is InChI=1S/C11H21O2.HI.Mg/c1-3-5-7-8-10-13-11-12-9-6-4-2;;/h5,7H,1,3-4,6,8-11H2,2H3;1H;/q-1;;+2/p-1/b7-5-;;. The second-order valence-corrected chi connectivity index (χ2v) is 2.84. The Morgan fingerprint density at radius 3 is 2.40 bits per heavy atom. The molecule has 0 aromatic carbocycles. The summed E-state index contributed by atoms with van der Waals surface area (Å²) in [6.07, 6.45) is 8.22. The third-order valence-electron chi connectivity index (χ3n) is 1.57. The van der Waals surface area contributed by atoms with E-state index in [1.165, 1.54) is 6.42 Å². The van der Waals surface area contributed by atoms with Crippen molar-refractivity contribution < 1.29 is 33.5 Å². The van der Waals surface area contributed by atoms with Crippen LogP contribution < -0.4 is 24.0 Å². The van der Waals surface area contributed by atoms with Crippen molar-refractivity contribution >= 4 is 23.1 Å². The minimum atomic E-state index is 0. The summed E-state index contributed by atoms with van der Waals surface area (Å²) in [6, 6.07) is 0. The van der Waals surface area contributed by atoms with Gasteiger partial charge >= 0.3 is 23.1 Å². The second kappa shape index (κ2) is 20.6. The average molecular weight is 336 g/mol. The molecule has 0 radical (unpaired) electrons. The molecule has 0 fully saturated rings. The summed E-state index contributed by atoms with van der Waals surface area (Å²) in [5.74, 6) is 0. The van der Waals surface area contributed by atoms with E-state index in [2.05, 4.69) is 19.9 Å². The molecule has 0 amide bonds. The van der Waals surface area contributed by atoms with Gasteiger partial charge in [-0.05, 0) is 12.8 Å². The van der Waals surface area contributed by atoms with Gasteiger partial charge in [0.05, 0.1) is 6.61 Å². The molecular weight excluding hydrogens is 315 g/mol. The van der Waals surface area contributed by atoms with Gasteiger partial charge in [0.15, 0.2) is 0 Å². The molecule has 0 saturated heterocycles. The first-order valence-electron chi connectivity index (χ1n) is 5.01. The summed E-state index contributed by atoms with van der Waals surface area (Å²) >= 11 is 0. The molecule has 15 heavy (non-hydrogen) atoms. The van der Waals surface area contributed by atoms with Crippen LogP contribution >= 0.6 is 0 Å². The number of hydrogen-bond donors (Lipinski definition) is 0. The zero-order valence-corrected chi connectivity index (χ0v) is 13.3. The Morgan fingerprint density at radius 2 is 1.80 bits per heavy atom. The molecule has 0 aliphatic rings. The SMILES string of the molecule is [CH2-]C/C=C\CCOCOCCCC.[I-].[Mg+2]. The number of hydrogen-bond acceptors (Lipinski definition) is 2. The maximum absolute atomic E-state index is 5.23. The van der Waals surface area contributed by atoms with Crippen LogP contribution in [0.15, 0.2) is 12.2 Å². The molecule has 0 saturated carbocycles. The summed E-state index contributed by atoms with van der Waals surface area (Å²) in [5.41, 5.74) is 0. The van der Waals surface area contributed by atoms with Gasteiger partial charge in [0.1, 0.15) is 6.79 Å². The number of halogens is 1. The Bertz CT molecular complexity index is 121. The largest absolute Gasteiger partial charge is 2.00 e. The molecule has 0 atom stereocenters. The van der Waals surface area contributed by atoms with Crippen LogP contribution in [0.4, 0.5) is 0 Å². The number of ether oxygens (including phenoxy) is 2. The maximum Gasteiger partial charge on any atom is 2.00 e. The van der Waals surface area contributed by atoms with Crippen LogP contribution in [-0.2, 0) is 9.47 Å². The van der Waals surface area contributed by atoms with E-state index in [0.717, 1.165) is 32.5 Å². The molecule has 0 aromatic rings. The summed E-state index contributed by atoms with van der Waals surface area (Å²) in [6.45, 7) is 7.83. The summed E-state index contributed by atoms with van der Waals surface area (Å²) in [4.78, 5) is 0. The van der Waals surface area contributed by atoms with Crippen molar-refractivity contribution in [1.29, 1.82) is 0 Å².